The second-order valence-electron chi connectivity index (χ2n) is 4.34. The van der Waals surface area contributed by atoms with E-state index in [4.69, 9.17) is 10.5 Å². The van der Waals surface area contributed by atoms with Gasteiger partial charge in [0.25, 0.3) is 0 Å². The standard InChI is InChI=1S/C15H14N2OS/c1-18-12-7-5-10(6-8-12)9-11-3-2-4-13-14(11)17-15(16)19-13/h2-8H,9H2,1H3,(H2,16,17). The van der Waals surface area contributed by atoms with Crippen LogP contribution in [0.1, 0.15) is 11.1 Å². The highest BCUT2D eigenvalue weighted by atomic mass is 32.1. The molecule has 4 heteroatoms. The Morgan fingerprint density at radius 1 is 1.16 bits per heavy atom. The molecule has 0 fully saturated rings. The Morgan fingerprint density at radius 2 is 1.95 bits per heavy atom. The lowest BCUT2D eigenvalue weighted by atomic mass is 10.0. The van der Waals surface area contributed by atoms with Gasteiger partial charge in [0.05, 0.1) is 17.3 Å². The van der Waals surface area contributed by atoms with Gasteiger partial charge in [-0.2, -0.15) is 0 Å². The van der Waals surface area contributed by atoms with Gasteiger partial charge >= 0.3 is 0 Å². The van der Waals surface area contributed by atoms with E-state index in [0.29, 0.717) is 5.13 Å². The number of thiazole rings is 1. The highest BCUT2D eigenvalue weighted by Crippen LogP contribution is 2.27. The molecule has 19 heavy (non-hydrogen) atoms. The number of anilines is 1. The SMILES string of the molecule is COc1ccc(Cc2cccc3sc(N)nc23)cc1. The molecule has 0 atom stereocenters. The Morgan fingerprint density at radius 3 is 2.68 bits per heavy atom. The molecular formula is C15H14N2OS. The van der Waals surface area contributed by atoms with E-state index in [1.165, 1.54) is 22.5 Å². The van der Waals surface area contributed by atoms with E-state index in [0.717, 1.165) is 22.4 Å². The van der Waals surface area contributed by atoms with Gasteiger partial charge in [-0.25, -0.2) is 4.98 Å². The van der Waals surface area contributed by atoms with Crippen LogP contribution in [0.5, 0.6) is 5.75 Å². The first kappa shape index (κ1) is 12.0. The average Bonchev–Trinajstić information content (AvgIpc) is 2.81. The Balaban J connectivity index is 1.95. The van der Waals surface area contributed by atoms with Crippen molar-refractivity contribution >= 4 is 26.7 Å². The van der Waals surface area contributed by atoms with Gasteiger partial charge in [-0.05, 0) is 35.7 Å². The monoisotopic (exact) mass is 270 g/mol. The molecule has 1 heterocycles. The number of benzene rings is 2. The molecule has 3 aromatic rings. The summed E-state index contributed by atoms with van der Waals surface area (Å²) >= 11 is 1.53. The molecule has 0 aliphatic carbocycles. The molecule has 3 nitrogen and oxygen atoms in total. The van der Waals surface area contributed by atoms with Crippen LogP contribution in [0.3, 0.4) is 0 Å². The molecule has 3 rings (SSSR count). The lowest BCUT2D eigenvalue weighted by Crippen LogP contribution is -1.91. The normalized spacial score (nSPS) is 10.8. The fourth-order valence-electron chi connectivity index (χ4n) is 2.13. The molecule has 0 aliphatic rings. The number of aromatic nitrogens is 1. The van der Waals surface area contributed by atoms with E-state index in [9.17, 15) is 0 Å². The van der Waals surface area contributed by atoms with Crippen molar-refractivity contribution in [3.05, 3.63) is 53.6 Å². The van der Waals surface area contributed by atoms with Gasteiger partial charge in [0.2, 0.25) is 0 Å². The fourth-order valence-corrected chi connectivity index (χ4v) is 2.91. The van der Waals surface area contributed by atoms with Gasteiger partial charge < -0.3 is 10.5 Å². The van der Waals surface area contributed by atoms with Crippen molar-refractivity contribution in [1.82, 2.24) is 4.98 Å². The molecule has 2 aromatic carbocycles. The number of nitrogens with two attached hydrogens (primary N) is 1. The van der Waals surface area contributed by atoms with Gasteiger partial charge in [-0.15, -0.1) is 0 Å². The zero-order chi connectivity index (χ0) is 13.2. The lowest BCUT2D eigenvalue weighted by Gasteiger charge is -2.04. The van der Waals surface area contributed by atoms with Crippen molar-refractivity contribution in [3.8, 4) is 5.75 Å². The van der Waals surface area contributed by atoms with Crippen molar-refractivity contribution in [2.45, 2.75) is 6.42 Å². The largest absolute Gasteiger partial charge is 0.497 e. The zero-order valence-corrected chi connectivity index (χ0v) is 11.4. The third-order valence-corrected chi connectivity index (χ3v) is 3.92. The predicted octanol–water partition coefficient (Wildman–Crippen LogP) is 3.48. The topological polar surface area (TPSA) is 48.1 Å². The summed E-state index contributed by atoms with van der Waals surface area (Å²) in [5.41, 5.74) is 9.24. The van der Waals surface area contributed by atoms with Crippen molar-refractivity contribution < 1.29 is 4.74 Å². The van der Waals surface area contributed by atoms with Gasteiger partial charge in [-0.1, -0.05) is 35.6 Å². The summed E-state index contributed by atoms with van der Waals surface area (Å²) in [5.74, 6) is 0.875. The number of fused-ring (bicyclic) bond motifs is 1. The third-order valence-electron chi connectivity index (χ3n) is 3.07. The maximum atomic E-state index is 5.78. The molecule has 0 radical (unpaired) electrons. The summed E-state index contributed by atoms with van der Waals surface area (Å²) in [7, 11) is 1.67. The van der Waals surface area contributed by atoms with Crippen LogP contribution in [-0.4, -0.2) is 12.1 Å². The van der Waals surface area contributed by atoms with Crippen LogP contribution in [0.2, 0.25) is 0 Å². The Hall–Kier alpha value is -2.07. The van der Waals surface area contributed by atoms with Crippen LogP contribution in [0.15, 0.2) is 42.5 Å². The maximum absolute atomic E-state index is 5.78. The van der Waals surface area contributed by atoms with Crippen LogP contribution in [-0.2, 0) is 6.42 Å². The van der Waals surface area contributed by atoms with Gasteiger partial charge in [0.15, 0.2) is 5.13 Å². The van der Waals surface area contributed by atoms with Crippen LogP contribution in [0.25, 0.3) is 10.2 Å². The number of hydrogen-bond donors (Lipinski definition) is 1. The molecule has 1 aromatic heterocycles. The minimum atomic E-state index is 0.622. The van der Waals surface area contributed by atoms with Crippen LogP contribution in [0, 0.1) is 0 Å². The van der Waals surface area contributed by atoms with Crippen LogP contribution in [0.4, 0.5) is 5.13 Å². The number of nitrogen functional groups attached to an aromatic ring is 1. The molecule has 0 bridgehead atoms. The summed E-state index contributed by atoms with van der Waals surface area (Å²) in [6.45, 7) is 0. The minimum Gasteiger partial charge on any atom is -0.497 e. The van der Waals surface area contributed by atoms with Gasteiger partial charge in [0.1, 0.15) is 5.75 Å². The molecule has 96 valence electrons. The fraction of sp³-hybridized carbons (Fsp3) is 0.133. The van der Waals surface area contributed by atoms with E-state index in [1.54, 1.807) is 7.11 Å². The highest BCUT2D eigenvalue weighted by molar-refractivity contribution is 7.22. The summed E-state index contributed by atoms with van der Waals surface area (Å²) in [5, 5.41) is 0.622. The summed E-state index contributed by atoms with van der Waals surface area (Å²) < 4.78 is 6.31. The van der Waals surface area contributed by atoms with Crippen molar-refractivity contribution in [3.63, 3.8) is 0 Å². The Labute approximate surface area is 115 Å². The molecule has 0 saturated heterocycles. The number of ether oxygens (including phenoxy) is 1. The molecule has 2 N–H and O–H groups in total. The maximum Gasteiger partial charge on any atom is 0.181 e. The molecule has 0 spiro atoms. The lowest BCUT2D eigenvalue weighted by molar-refractivity contribution is 0.414. The van der Waals surface area contributed by atoms with E-state index < -0.39 is 0 Å². The first-order valence-corrected chi connectivity index (χ1v) is 6.85. The second-order valence-corrected chi connectivity index (χ2v) is 5.40. The van der Waals surface area contributed by atoms with Crippen molar-refractivity contribution in [2.24, 2.45) is 0 Å². The van der Waals surface area contributed by atoms with Gasteiger partial charge in [0, 0.05) is 0 Å². The first-order chi connectivity index (χ1) is 9.26. The van der Waals surface area contributed by atoms with E-state index in [1.807, 2.05) is 12.1 Å². The Bertz CT molecular complexity index is 704. The number of methoxy groups -OCH3 is 1. The number of para-hydroxylation sites is 1. The number of rotatable bonds is 3. The van der Waals surface area contributed by atoms with Crippen molar-refractivity contribution in [1.29, 1.82) is 0 Å². The molecule has 0 amide bonds. The van der Waals surface area contributed by atoms with E-state index >= 15 is 0 Å². The molecule has 0 unspecified atom stereocenters. The quantitative estimate of drug-likeness (QED) is 0.792. The third kappa shape index (κ3) is 2.39. The average molecular weight is 270 g/mol. The minimum absolute atomic E-state index is 0.622. The second kappa shape index (κ2) is 4.90. The number of nitrogens with zero attached hydrogens (tertiary/aromatic N) is 1. The summed E-state index contributed by atoms with van der Waals surface area (Å²) in [6.07, 6.45) is 0.852. The summed E-state index contributed by atoms with van der Waals surface area (Å²) in [6, 6.07) is 14.3. The first-order valence-electron chi connectivity index (χ1n) is 6.03. The highest BCUT2D eigenvalue weighted by Gasteiger charge is 2.07. The number of hydrogen-bond acceptors (Lipinski definition) is 4. The smallest absolute Gasteiger partial charge is 0.181 e. The zero-order valence-electron chi connectivity index (χ0n) is 10.6. The van der Waals surface area contributed by atoms with Gasteiger partial charge in [-0.3, -0.25) is 0 Å². The van der Waals surface area contributed by atoms with Crippen LogP contribution >= 0.6 is 11.3 Å². The van der Waals surface area contributed by atoms with E-state index in [2.05, 4.69) is 35.3 Å². The Kier molecular flexibility index (Phi) is 3.09. The van der Waals surface area contributed by atoms with Crippen LogP contribution < -0.4 is 10.5 Å². The predicted molar refractivity (Wildman–Crippen MR) is 79.8 cm³/mol. The van der Waals surface area contributed by atoms with Crippen molar-refractivity contribution in [2.75, 3.05) is 12.8 Å². The van der Waals surface area contributed by atoms with E-state index in [-0.39, 0.29) is 0 Å². The molecule has 0 saturated carbocycles. The summed E-state index contributed by atoms with van der Waals surface area (Å²) in [4.78, 5) is 4.41. The molecule has 0 aliphatic heterocycles. The molecular weight excluding hydrogens is 256 g/mol.